The van der Waals surface area contributed by atoms with Gasteiger partial charge in [0, 0.05) is 16.6 Å². The molecule has 3 aromatic rings. The molecule has 23 heavy (non-hydrogen) atoms. The Labute approximate surface area is 134 Å². The Bertz CT molecular complexity index is 896. The Morgan fingerprint density at radius 1 is 1.09 bits per heavy atom. The molecule has 118 valence electrons. The molecule has 1 N–H and O–H groups in total. The number of furan rings is 1. The number of hydrogen-bond donors (Lipinski definition) is 1. The van der Waals surface area contributed by atoms with Gasteiger partial charge in [-0.15, -0.1) is 0 Å². The molecule has 0 fully saturated rings. The second kappa shape index (κ2) is 5.88. The third-order valence-electron chi connectivity index (χ3n) is 4.08. The van der Waals surface area contributed by atoms with E-state index in [9.17, 15) is 9.18 Å². The number of hydrogen-bond acceptors (Lipinski definition) is 2. The van der Waals surface area contributed by atoms with Gasteiger partial charge in [0.1, 0.15) is 11.4 Å². The highest BCUT2D eigenvalue weighted by molar-refractivity contribution is 5.96. The molecular weight excluding hydrogens is 293 g/mol. The summed E-state index contributed by atoms with van der Waals surface area (Å²) in [5, 5.41) is 3.78. The van der Waals surface area contributed by atoms with Crippen LogP contribution in [0.3, 0.4) is 0 Å². The van der Waals surface area contributed by atoms with E-state index in [4.69, 9.17) is 4.42 Å². The highest BCUT2D eigenvalue weighted by Gasteiger charge is 2.12. The Hall–Kier alpha value is -2.62. The van der Waals surface area contributed by atoms with Crippen molar-refractivity contribution in [2.45, 2.75) is 27.2 Å². The van der Waals surface area contributed by atoms with Crippen LogP contribution in [0.2, 0.25) is 0 Å². The van der Waals surface area contributed by atoms with Crippen LogP contribution in [0.15, 0.2) is 41.0 Å². The van der Waals surface area contributed by atoms with E-state index in [1.165, 1.54) is 12.1 Å². The van der Waals surface area contributed by atoms with Gasteiger partial charge in [0.25, 0.3) is 0 Å². The van der Waals surface area contributed by atoms with Crippen LogP contribution < -0.4 is 5.32 Å². The minimum Gasteiger partial charge on any atom is -0.464 e. The van der Waals surface area contributed by atoms with Crippen LogP contribution in [-0.4, -0.2) is 5.91 Å². The van der Waals surface area contributed by atoms with Gasteiger partial charge in [-0.05, 0) is 67.8 Å². The Balaban J connectivity index is 1.81. The van der Waals surface area contributed by atoms with Crippen molar-refractivity contribution < 1.29 is 13.6 Å². The van der Waals surface area contributed by atoms with E-state index in [0.29, 0.717) is 11.3 Å². The van der Waals surface area contributed by atoms with Gasteiger partial charge in [0.15, 0.2) is 0 Å². The molecule has 0 saturated carbocycles. The van der Waals surface area contributed by atoms with Gasteiger partial charge in [-0.2, -0.15) is 0 Å². The lowest BCUT2D eigenvalue weighted by molar-refractivity contribution is -0.115. The fourth-order valence-electron chi connectivity index (χ4n) is 2.61. The molecule has 3 nitrogen and oxygen atoms in total. The van der Waals surface area contributed by atoms with E-state index in [1.807, 2.05) is 26.0 Å². The van der Waals surface area contributed by atoms with Crippen molar-refractivity contribution in [3.63, 3.8) is 0 Å². The first-order valence-corrected chi connectivity index (χ1v) is 7.47. The molecule has 1 amide bonds. The Morgan fingerprint density at radius 3 is 2.57 bits per heavy atom. The van der Waals surface area contributed by atoms with E-state index >= 15 is 0 Å². The first kappa shape index (κ1) is 15.3. The van der Waals surface area contributed by atoms with Crippen molar-refractivity contribution in [1.82, 2.24) is 0 Å². The van der Waals surface area contributed by atoms with Crippen LogP contribution in [-0.2, 0) is 11.2 Å². The summed E-state index contributed by atoms with van der Waals surface area (Å²) in [6.45, 7) is 5.83. The van der Waals surface area contributed by atoms with E-state index in [1.54, 1.807) is 19.3 Å². The van der Waals surface area contributed by atoms with E-state index in [2.05, 4.69) is 5.32 Å². The molecule has 4 heteroatoms. The molecule has 0 bridgehead atoms. The molecule has 0 aliphatic carbocycles. The van der Waals surface area contributed by atoms with E-state index < -0.39 is 0 Å². The van der Waals surface area contributed by atoms with Crippen molar-refractivity contribution in [1.29, 1.82) is 0 Å². The van der Waals surface area contributed by atoms with Crippen LogP contribution in [0.25, 0.3) is 11.0 Å². The zero-order valence-electron chi connectivity index (χ0n) is 13.4. The smallest absolute Gasteiger partial charge is 0.228 e. The fraction of sp³-hybridized carbons (Fsp3) is 0.211. The minimum absolute atomic E-state index is 0.152. The number of nitrogens with one attached hydrogen (secondary N) is 1. The van der Waals surface area contributed by atoms with Crippen LogP contribution in [0.4, 0.5) is 10.1 Å². The monoisotopic (exact) mass is 311 g/mol. The van der Waals surface area contributed by atoms with Gasteiger partial charge in [0.05, 0.1) is 12.7 Å². The van der Waals surface area contributed by atoms with Crippen molar-refractivity contribution >= 4 is 22.6 Å². The summed E-state index contributed by atoms with van der Waals surface area (Å²) in [6.07, 6.45) is 1.84. The maximum absolute atomic E-state index is 13.1. The fourth-order valence-corrected chi connectivity index (χ4v) is 2.61. The average Bonchev–Trinajstić information content (AvgIpc) is 2.85. The average molecular weight is 311 g/mol. The lowest BCUT2D eigenvalue weighted by Crippen LogP contribution is -2.15. The molecule has 1 heterocycles. The number of fused-ring (bicyclic) bond motifs is 1. The quantitative estimate of drug-likeness (QED) is 0.763. The summed E-state index contributed by atoms with van der Waals surface area (Å²) in [6, 6.07) is 8.33. The molecule has 0 aliphatic heterocycles. The van der Waals surface area contributed by atoms with Crippen LogP contribution in [0, 0.1) is 26.6 Å². The number of anilines is 1. The molecule has 0 aliphatic rings. The zero-order valence-corrected chi connectivity index (χ0v) is 13.4. The Kier molecular flexibility index (Phi) is 3.90. The van der Waals surface area contributed by atoms with Crippen molar-refractivity contribution in [2.75, 3.05) is 5.32 Å². The minimum atomic E-state index is -0.313. The SMILES string of the molecule is Cc1cc2occ(CC(=O)Nc3ccc(F)cc3C)c2cc1C. The van der Waals surface area contributed by atoms with Gasteiger partial charge in [0.2, 0.25) is 5.91 Å². The highest BCUT2D eigenvalue weighted by Crippen LogP contribution is 2.25. The Morgan fingerprint density at radius 2 is 1.83 bits per heavy atom. The lowest BCUT2D eigenvalue weighted by Gasteiger charge is -2.08. The third kappa shape index (κ3) is 3.11. The van der Waals surface area contributed by atoms with Gasteiger partial charge >= 0.3 is 0 Å². The second-order valence-corrected chi connectivity index (χ2v) is 5.88. The van der Waals surface area contributed by atoms with Crippen LogP contribution in [0.1, 0.15) is 22.3 Å². The van der Waals surface area contributed by atoms with Gasteiger partial charge in [-0.3, -0.25) is 4.79 Å². The largest absolute Gasteiger partial charge is 0.464 e. The topological polar surface area (TPSA) is 42.2 Å². The number of aryl methyl sites for hydroxylation is 3. The number of carbonyl (C=O) groups is 1. The number of rotatable bonds is 3. The standard InChI is InChI=1S/C19H18FNO2/c1-11-7-16-14(10-23-18(16)8-12(11)2)9-19(22)21-17-5-4-15(20)6-13(17)3/h4-8,10H,9H2,1-3H3,(H,21,22). The van der Waals surface area contributed by atoms with Gasteiger partial charge < -0.3 is 9.73 Å². The predicted octanol–water partition coefficient (Wildman–Crippen LogP) is 4.68. The molecule has 0 saturated heterocycles. The molecule has 0 spiro atoms. The third-order valence-corrected chi connectivity index (χ3v) is 4.08. The van der Waals surface area contributed by atoms with Crippen molar-refractivity contribution in [3.05, 3.63) is 64.7 Å². The molecule has 0 unspecified atom stereocenters. The van der Waals surface area contributed by atoms with Gasteiger partial charge in [-0.25, -0.2) is 4.39 Å². The summed E-state index contributed by atoms with van der Waals surface area (Å²) in [7, 11) is 0. The molecular formula is C19H18FNO2. The summed E-state index contributed by atoms with van der Waals surface area (Å²) in [4.78, 5) is 12.3. The summed E-state index contributed by atoms with van der Waals surface area (Å²) in [5.41, 5.74) is 5.27. The molecule has 2 aromatic carbocycles. The first-order valence-electron chi connectivity index (χ1n) is 7.47. The first-order chi connectivity index (χ1) is 10.9. The highest BCUT2D eigenvalue weighted by atomic mass is 19.1. The summed E-state index contributed by atoms with van der Waals surface area (Å²) >= 11 is 0. The van der Waals surface area contributed by atoms with Crippen LogP contribution >= 0.6 is 0 Å². The van der Waals surface area contributed by atoms with Gasteiger partial charge in [-0.1, -0.05) is 0 Å². The lowest BCUT2D eigenvalue weighted by atomic mass is 10.0. The zero-order chi connectivity index (χ0) is 16.6. The van der Waals surface area contributed by atoms with E-state index in [-0.39, 0.29) is 18.1 Å². The molecule has 0 atom stereocenters. The van der Waals surface area contributed by atoms with Crippen molar-refractivity contribution in [2.24, 2.45) is 0 Å². The van der Waals surface area contributed by atoms with Crippen molar-refractivity contribution in [3.8, 4) is 0 Å². The number of benzene rings is 2. The molecule has 0 radical (unpaired) electrons. The van der Waals surface area contributed by atoms with Crippen LogP contribution in [0.5, 0.6) is 0 Å². The second-order valence-electron chi connectivity index (χ2n) is 5.88. The molecule has 1 aromatic heterocycles. The summed E-state index contributed by atoms with van der Waals surface area (Å²) in [5.74, 6) is -0.465. The summed E-state index contributed by atoms with van der Waals surface area (Å²) < 4.78 is 18.7. The number of carbonyl (C=O) groups excluding carboxylic acids is 1. The predicted molar refractivity (Wildman–Crippen MR) is 89.2 cm³/mol. The number of amides is 1. The normalized spacial score (nSPS) is 11.0. The number of halogens is 1. The molecule has 3 rings (SSSR count). The maximum Gasteiger partial charge on any atom is 0.228 e. The van der Waals surface area contributed by atoms with E-state index in [0.717, 1.165) is 27.7 Å². The maximum atomic E-state index is 13.1.